The van der Waals surface area contributed by atoms with Crippen LogP contribution in [0.5, 0.6) is 5.75 Å². The summed E-state index contributed by atoms with van der Waals surface area (Å²) in [5.74, 6) is 2.30. The Balaban J connectivity index is 0.00000392. The quantitative estimate of drug-likeness (QED) is 0.325. The van der Waals surface area contributed by atoms with Gasteiger partial charge in [-0.2, -0.15) is 0 Å². The summed E-state index contributed by atoms with van der Waals surface area (Å²) in [6, 6.07) is 8.04. The Morgan fingerprint density at radius 3 is 2.57 bits per heavy atom. The van der Waals surface area contributed by atoms with Gasteiger partial charge in [0.15, 0.2) is 5.96 Å². The normalized spacial score (nSPS) is 14.1. The zero-order valence-electron chi connectivity index (χ0n) is 17.7. The van der Waals surface area contributed by atoms with Crippen LogP contribution in [-0.2, 0) is 11.3 Å². The van der Waals surface area contributed by atoms with E-state index in [1.54, 1.807) is 0 Å². The number of rotatable bonds is 8. The van der Waals surface area contributed by atoms with Crippen molar-refractivity contribution < 1.29 is 9.53 Å². The Morgan fingerprint density at radius 1 is 1.29 bits per heavy atom. The lowest BCUT2D eigenvalue weighted by atomic mass is 10.1. The number of halogens is 1. The fourth-order valence-corrected chi connectivity index (χ4v) is 2.65. The van der Waals surface area contributed by atoms with Crippen LogP contribution in [0, 0.1) is 5.92 Å². The molecule has 0 aliphatic heterocycles. The van der Waals surface area contributed by atoms with Gasteiger partial charge in [-0.15, -0.1) is 24.0 Å². The maximum Gasteiger partial charge on any atom is 0.240 e. The third kappa shape index (κ3) is 9.12. The molecule has 0 aromatic heterocycles. The maximum atomic E-state index is 12.2. The lowest BCUT2D eigenvalue weighted by Crippen LogP contribution is -2.48. The van der Waals surface area contributed by atoms with Gasteiger partial charge in [0.2, 0.25) is 5.91 Å². The van der Waals surface area contributed by atoms with Crippen molar-refractivity contribution in [1.29, 1.82) is 0 Å². The van der Waals surface area contributed by atoms with Crippen LogP contribution < -0.4 is 15.4 Å². The average molecular weight is 502 g/mol. The Labute approximate surface area is 186 Å². The lowest BCUT2D eigenvalue weighted by Gasteiger charge is -2.25. The first-order chi connectivity index (χ1) is 12.8. The zero-order valence-corrected chi connectivity index (χ0v) is 20.1. The molecule has 2 N–H and O–H groups in total. The summed E-state index contributed by atoms with van der Waals surface area (Å²) in [5.41, 5.74) is 0.812. The molecule has 0 atom stereocenters. The van der Waals surface area contributed by atoms with Crippen molar-refractivity contribution in [3.63, 3.8) is 0 Å². The van der Waals surface area contributed by atoms with Gasteiger partial charge in [0.05, 0.1) is 19.7 Å². The minimum Gasteiger partial charge on any atom is -0.493 e. The van der Waals surface area contributed by atoms with Crippen LogP contribution in [0.25, 0.3) is 0 Å². The van der Waals surface area contributed by atoms with Gasteiger partial charge in [0.1, 0.15) is 5.75 Å². The summed E-state index contributed by atoms with van der Waals surface area (Å²) in [7, 11) is 1.87. The van der Waals surface area contributed by atoms with Gasteiger partial charge < -0.3 is 20.3 Å². The van der Waals surface area contributed by atoms with E-state index in [-0.39, 0.29) is 42.0 Å². The monoisotopic (exact) mass is 502 g/mol. The number of ether oxygens (including phenoxy) is 1. The number of carbonyl (C=O) groups excluding carboxylic acids is 1. The highest BCUT2D eigenvalue weighted by atomic mass is 127. The number of para-hydroxylation sites is 1. The summed E-state index contributed by atoms with van der Waals surface area (Å²) >= 11 is 0. The molecular formula is C21H35IN4O2. The number of nitrogens with zero attached hydrogens (tertiary/aromatic N) is 2. The predicted molar refractivity (Wildman–Crippen MR) is 125 cm³/mol. The SMILES string of the molecule is CCNC(=NCc1ccccc1OCC1CC1)N(C)CC(=O)NC(C)(C)C.I. The summed E-state index contributed by atoms with van der Waals surface area (Å²) in [5, 5.41) is 6.24. The molecule has 1 aromatic rings. The van der Waals surface area contributed by atoms with E-state index in [4.69, 9.17) is 9.73 Å². The van der Waals surface area contributed by atoms with Gasteiger partial charge in [-0.3, -0.25) is 4.79 Å². The van der Waals surface area contributed by atoms with Crippen molar-refractivity contribution in [3.8, 4) is 5.75 Å². The van der Waals surface area contributed by atoms with Crippen molar-refractivity contribution in [3.05, 3.63) is 29.8 Å². The van der Waals surface area contributed by atoms with E-state index in [2.05, 4.69) is 10.6 Å². The first-order valence-corrected chi connectivity index (χ1v) is 9.79. The van der Waals surface area contributed by atoms with E-state index in [1.165, 1.54) is 12.8 Å². The van der Waals surface area contributed by atoms with Crippen LogP contribution in [-0.4, -0.2) is 49.0 Å². The number of amides is 1. The third-order valence-corrected chi connectivity index (χ3v) is 4.13. The molecule has 1 aliphatic rings. The van der Waals surface area contributed by atoms with Crippen molar-refractivity contribution in [2.24, 2.45) is 10.9 Å². The number of benzene rings is 1. The zero-order chi connectivity index (χ0) is 19.9. The van der Waals surface area contributed by atoms with Crippen LogP contribution in [0.4, 0.5) is 0 Å². The summed E-state index contributed by atoms with van der Waals surface area (Å²) in [6.07, 6.45) is 2.54. The Kier molecular flexibility index (Phi) is 10.1. The summed E-state index contributed by atoms with van der Waals surface area (Å²) < 4.78 is 5.97. The van der Waals surface area contributed by atoms with Crippen LogP contribution >= 0.6 is 24.0 Å². The minimum absolute atomic E-state index is 0. The molecule has 0 spiro atoms. The molecule has 0 radical (unpaired) electrons. The molecule has 28 heavy (non-hydrogen) atoms. The minimum atomic E-state index is -0.245. The second kappa shape index (κ2) is 11.5. The number of hydrogen-bond donors (Lipinski definition) is 2. The average Bonchev–Trinajstić information content (AvgIpc) is 3.40. The highest BCUT2D eigenvalue weighted by Gasteiger charge is 2.22. The molecule has 1 fully saturated rings. The first-order valence-electron chi connectivity index (χ1n) is 9.79. The van der Waals surface area contributed by atoms with Crippen molar-refractivity contribution in [2.75, 3.05) is 26.7 Å². The lowest BCUT2D eigenvalue weighted by molar-refractivity contribution is -0.122. The van der Waals surface area contributed by atoms with E-state index in [0.717, 1.165) is 24.5 Å². The number of nitrogens with one attached hydrogen (secondary N) is 2. The molecule has 1 saturated carbocycles. The molecule has 0 saturated heterocycles. The molecule has 0 heterocycles. The van der Waals surface area contributed by atoms with Gasteiger partial charge in [0.25, 0.3) is 0 Å². The number of aliphatic imine (C=N–C) groups is 1. The molecule has 6 nitrogen and oxygen atoms in total. The highest BCUT2D eigenvalue weighted by Crippen LogP contribution is 2.30. The topological polar surface area (TPSA) is 66.0 Å². The first kappa shape index (κ1) is 24.5. The molecule has 1 aromatic carbocycles. The van der Waals surface area contributed by atoms with Crippen molar-refractivity contribution in [1.82, 2.24) is 15.5 Å². The van der Waals surface area contributed by atoms with Crippen LogP contribution in [0.15, 0.2) is 29.3 Å². The van der Waals surface area contributed by atoms with Gasteiger partial charge in [-0.1, -0.05) is 18.2 Å². The van der Waals surface area contributed by atoms with Gasteiger partial charge in [0, 0.05) is 24.7 Å². The number of likely N-dealkylation sites (N-methyl/N-ethyl adjacent to an activating group) is 1. The maximum absolute atomic E-state index is 12.2. The molecule has 2 rings (SSSR count). The Bertz CT molecular complexity index is 654. The van der Waals surface area contributed by atoms with E-state index in [0.29, 0.717) is 18.4 Å². The van der Waals surface area contributed by atoms with Crippen molar-refractivity contribution in [2.45, 2.75) is 52.6 Å². The van der Waals surface area contributed by atoms with Crippen LogP contribution in [0.3, 0.4) is 0 Å². The van der Waals surface area contributed by atoms with Crippen LogP contribution in [0.1, 0.15) is 46.1 Å². The highest BCUT2D eigenvalue weighted by molar-refractivity contribution is 14.0. The largest absolute Gasteiger partial charge is 0.493 e. The summed E-state index contributed by atoms with van der Waals surface area (Å²) in [6.45, 7) is 10.2. The number of guanidine groups is 1. The van der Waals surface area contributed by atoms with E-state index < -0.39 is 0 Å². The molecule has 7 heteroatoms. The van der Waals surface area contributed by atoms with Crippen molar-refractivity contribution >= 4 is 35.8 Å². The fourth-order valence-electron chi connectivity index (χ4n) is 2.65. The molecule has 158 valence electrons. The van der Waals surface area contributed by atoms with Gasteiger partial charge in [-0.05, 0) is 52.5 Å². The van der Waals surface area contributed by atoms with Gasteiger partial charge >= 0.3 is 0 Å². The predicted octanol–water partition coefficient (Wildman–Crippen LogP) is 3.41. The van der Waals surface area contributed by atoms with E-state index in [9.17, 15) is 4.79 Å². The number of carbonyl (C=O) groups is 1. The molecular weight excluding hydrogens is 467 g/mol. The molecule has 1 amide bonds. The summed E-state index contributed by atoms with van der Waals surface area (Å²) in [4.78, 5) is 18.8. The smallest absolute Gasteiger partial charge is 0.240 e. The Morgan fingerprint density at radius 2 is 1.96 bits per heavy atom. The molecule has 1 aliphatic carbocycles. The standard InChI is InChI=1S/C21H34N4O2.HI/c1-6-22-20(25(5)14-19(26)24-21(2,3)4)23-13-17-9-7-8-10-18(17)27-15-16-11-12-16;/h7-10,16H,6,11-15H2,1-5H3,(H,22,23)(H,24,26);1H. The fraction of sp³-hybridized carbons (Fsp3) is 0.619. The Hall–Kier alpha value is -1.51. The van der Waals surface area contributed by atoms with Gasteiger partial charge in [-0.25, -0.2) is 4.99 Å². The van der Waals surface area contributed by atoms with E-state index >= 15 is 0 Å². The molecule has 0 bridgehead atoms. The third-order valence-electron chi connectivity index (χ3n) is 4.13. The van der Waals surface area contributed by atoms with Crippen LogP contribution in [0.2, 0.25) is 0 Å². The second-order valence-electron chi connectivity index (χ2n) is 8.19. The number of hydrogen-bond acceptors (Lipinski definition) is 3. The second-order valence-corrected chi connectivity index (χ2v) is 8.19. The van der Waals surface area contributed by atoms with E-state index in [1.807, 2.05) is 63.9 Å². The molecule has 0 unspecified atom stereocenters.